The topological polar surface area (TPSA) is 15.3 Å². The Morgan fingerprint density at radius 2 is 1.42 bits per heavy atom. The molecular weight excluding hydrogens is 396 g/mol. The highest BCUT2D eigenvalue weighted by atomic mass is 32.1. The molecule has 0 radical (unpaired) electrons. The van der Waals surface area contributed by atoms with E-state index in [1.807, 2.05) is 11.3 Å². The van der Waals surface area contributed by atoms with Crippen LogP contribution in [0.4, 0.5) is 17.1 Å². The maximum absolute atomic E-state index is 3.81. The van der Waals surface area contributed by atoms with Crippen molar-refractivity contribution in [2.24, 2.45) is 0 Å². The molecule has 1 aromatic heterocycles. The molecule has 1 saturated carbocycles. The molecule has 1 aliphatic rings. The SMILES string of the molecule is Cc1ccccc1N(c1ccccc1C)C1CCC(Nc2ccc3sccc3c2)CC1. The van der Waals surface area contributed by atoms with Crippen LogP contribution in [0.25, 0.3) is 10.1 Å². The molecule has 5 rings (SSSR count). The van der Waals surface area contributed by atoms with Crippen molar-refractivity contribution in [1.29, 1.82) is 0 Å². The quantitative estimate of drug-likeness (QED) is 0.347. The van der Waals surface area contributed by atoms with Gasteiger partial charge >= 0.3 is 0 Å². The van der Waals surface area contributed by atoms with Crippen molar-refractivity contribution in [2.75, 3.05) is 10.2 Å². The van der Waals surface area contributed by atoms with Gasteiger partial charge in [0.05, 0.1) is 0 Å². The lowest BCUT2D eigenvalue weighted by molar-refractivity contribution is 0.406. The second-order valence-corrected chi connectivity index (χ2v) is 9.71. The highest BCUT2D eigenvalue weighted by molar-refractivity contribution is 7.17. The number of benzene rings is 3. The third-order valence-electron chi connectivity index (χ3n) is 6.64. The number of nitrogens with one attached hydrogen (secondary N) is 1. The van der Waals surface area contributed by atoms with Gasteiger partial charge in [0, 0.05) is 33.8 Å². The monoisotopic (exact) mass is 426 g/mol. The number of thiophene rings is 1. The van der Waals surface area contributed by atoms with E-state index in [4.69, 9.17) is 0 Å². The van der Waals surface area contributed by atoms with Gasteiger partial charge in [0.1, 0.15) is 0 Å². The Balaban J connectivity index is 1.35. The fraction of sp³-hybridized carbons (Fsp3) is 0.286. The first-order valence-corrected chi connectivity index (χ1v) is 12.2. The number of fused-ring (bicyclic) bond motifs is 1. The van der Waals surface area contributed by atoms with Gasteiger partial charge in [-0.25, -0.2) is 0 Å². The number of para-hydroxylation sites is 2. The Hall–Kier alpha value is -2.78. The molecule has 1 fully saturated rings. The second kappa shape index (κ2) is 8.76. The minimum Gasteiger partial charge on any atom is -0.382 e. The summed E-state index contributed by atoms with van der Waals surface area (Å²) in [5, 5.41) is 7.32. The summed E-state index contributed by atoms with van der Waals surface area (Å²) in [5.74, 6) is 0. The molecular formula is C28H30N2S. The average molecular weight is 427 g/mol. The van der Waals surface area contributed by atoms with Crippen molar-refractivity contribution >= 4 is 38.5 Å². The third kappa shape index (κ3) is 4.20. The molecule has 158 valence electrons. The molecule has 0 bridgehead atoms. The van der Waals surface area contributed by atoms with Crippen LogP contribution in [0.15, 0.2) is 78.2 Å². The van der Waals surface area contributed by atoms with Crippen LogP contribution < -0.4 is 10.2 Å². The molecule has 1 heterocycles. The van der Waals surface area contributed by atoms with Crippen LogP contribution >= 0.6 is 11.3 Å². The van der Waals surface area contributed by atoms with Crippen molar-refractivity contribution in [2.45, 2.75) is 51.6 Å². The molecule has 3 heteroatoms. The number of aryl methyl sites for hydroxylation is 2. The number of nitrogens with zero attached hydrogens (tertiary/aromatic N) is 1. The first-order valence-electron chi connectivity index (χ1n) is 11.3. The summed E-state index contributed by atoms with van der Waals surface area (Å²) in [6, 6.07) is 27.7. The highest BCUT2D eigenvalue weighted by Crippen LogP contribution is 2.38. The van der Waals surface area contributed by atoms with Crippen LogP contribution in [0.3, 0.4) is 0 Å². The third-order valence-corrected chi connectivity index (χ3v) is 7.53. The van der Waals surface area contributed by atoms with Crippen molar-refractivity contribution in [3.63, 3.8) is 0 Å². The predicted octanol–water partition coefficient (Wildman–Crippen LogP) is 8.08. The summed E-state index contributed by atoms with van der Waals surface area (Å²) in [4.78, 5) is 2.61. The fourth-order valence-electron chi connectivity index (χ4n) is 4.96. The molecule has 31 heavy (non-hydrogen) atoms. The van der Waals surface area contributed by atoms with Crippen LogP contribution in [-0.4, -0.2) is 12.1 Å². The van der Waals surface area contributed by atoms with E-state index < -0.39 is 0 Å². The molecule has 4 aromatic rings. The van der Waals surface area contributed by atoms with E-state index in [2.05, 4.69) is 102 Å². The lowest BCUT2D eigenvalue weighted by Gasteiger charge is -2.40. The van der Waals surface area contributed by atoms with E-state index >= 15 is 0 Å². The highest BCUT2D eigenvalue weighted by Gasteiger charge is 2.28. The molecule has 0 saturated heterocycles. The van der Waals surface area contributed by atoms with E-state index in [-0.39, 0.29) is 0 Å². The van der Waals surface area contributed by atoms with Crippen molar-refractivity contribution < 1.29 is 0 Å². The molecule has 1 N–H and O–H groups in total. The molecule has 1 aliphatic carbocycles. The van der Waals surface area contributed by atoms with Gasteiger partial charge in [-0.2, -0.15) is 0 Å². The standard InChI is InChI=1S/C28H30N2S/c1-20-7-3-5-9-26(20)30(27-10-6-4-8-21(27)2)25-14-11-23(12-15-25)29-24-13-16-28-22(19-24)17-18-31-28/h3-10,13,16-19,23,25,29H,11-12,14-15H2,1-2H3. The summed E-state index contributed by atoms with van der Waals surface area (Å²) in [6.45, 7) is 4.46. The minimum atomic E-state index is 0.527. The van der Waals surface area contributed by atoms with E-state index in [0.717, 1.165) is 0 Å². The molecule has 0 unspecified atom stereocenters. The van der Waals surface area contributed by atoms with E-state index in [0.29, 0.717) is 12.1 Å². The van der Waals surface area contributed by atoms with Crippen LogP contribution in [0.2, 0.25) is 0 Å². The largest absolute Gasteiger partial charge is 0.382 e. The lowest BCUT2D eigenvalue weighted by Crippen LogP contribution is -2.38. The Kier molecular flexibility index (Phi) is 5.69. The van der Waals surface area contributed by atoms with Crippen LogP contribution in [-0.2, 0) is 0 Å². The molecule has 0 atom stereocenters. The molecule has 3 aromatic carbocycles. The molecule has 0 spiro atoms. The van der Waals surface area contributed by atoms with Gasteiger partial charge in [-0.1, -0.05) is 36.4 Å². The van der Waals surface area contributed by atoms with E-state index in [1.54, 1.807) is 0 Å². The second-order valence-electron chi connectivity index (χ2n) is 8.77. The number of anilines is 3. The van der Waals surface area contributed by atoms with Gasteiger partial charge in [-0.05, 0) is 97.8 Å². The minimum absolute atomic E-state index is 0.527. The summed E-state index contributed by atoms with van der Waals surface area (Å²) in [7, 11) is 0. The zero-order valence-corrected chi connectivity index (χ0v) is 19.2. The van der Waals surface area contributed by atoms with Crippen LogP contribution in [0, 0.1) is 13.8 Å². The van der Waals surface area contributed by atoms with Gasteiger partial charge in [0.25, 0.3) is 0 Å². The van der Waals surface area contributed by atoms with E-state index in [1.165, 1.54) is 64.0 Å². The van der Waals surface area contributed by atoms with Gasteiger partial charge in [0.15, 0.2) is 0 Å². The summed E-state index contributed by atoms with van der Waals surface area (Å²) < 4.78 is 1.36. The Labute approximate surface area is 189 Å². The van der Waals surface area contributed by atoms with Gasteiger partial charge in [0.2, 0.25) is 0 Å². The summed E-state index contributed by atoms with van der Waals surface area (Å²) in [5.41, 5.74) is 6.63. The lowest BCUT2D eigenvalue weighted by atomic mass is 9.88. The Morgan fingerprint density at radius 3 is 2.06 bits per heavy atom. The predicted molar refractivity (Wildman–Crippen MR) is 136 cm³/mol. The van der Waals surface area contributed by atoms with Crippen molar-refractivity contribution in [1.82, 2.24) is 0 Å². The van der Waals surface area contributed by atoms with Gasteiger partial charge in [-0.15, -0.1) is 11.3 Å². The molecule has 0 aliphatic heterocycles. The summed E-state index contributed by atoms with van der Waals surface area (Å²) >= 11 is 1.81. The molecule has 2 nitrogen and oxygen atoms in total. The normalized spacial score (nSPS) is 18.8. The summed E-state index contributed by atoms with van der Waals surface area (Å²) in [6.07, 6.45) is 4.78. The maximum Gasteiger partial charge on any atom is 0.0443 e. The average Bonchev–Trinajstić information content (AvgIpc) is 3.25. The first-order chi connectivity index (χ1) is 15.2. The van der Waals surface area contributed by atoms with Crippen LogP contribution in [0.1, 0.15) is 36.8 Å². The van der Waals surface area contributed by atoms with Crippen LogP contribution in [0.5, 0.6) is 0 Å². The molecule has 0 amide bonds. The first kappa shape index (κ1) is 20.1. The number of hydrogen-bond donors (Lipinski definition) is 1. The van der Waals surface area contributed by atoms with Gasteiger partial charge < -0.3 is 10.2 Å². The maximum atomic E-state index is 3.81. The van der Waals surface area contributed by atoms with Crippen molar-refractivity contribution in [3.05, 3.63) is 89.3 Å². The smallest absolute Gasteiger partial charge is 0.0443 e. The number of rotatable bonds is 5. The zero-order chi connectivity index (χ0) is 21.2. The van der Waals surface area contributed by atoms with Gasteiger partial charge in [-0.3, -0.25) is 0 Å². The Morgan fingerprint density at radius 1 is 0.774 bits per heavy atom. The number of hydrogen-bond acceptors (Lipinski definition) is 3. The Bertz CT molecular complexity index is 1120. The fourth-order valence-corrected chi connectivity index (χ4v) is 5.73. The zero-order valence-electron chi connectivity index (χ0n) is 18.3. The van der Waals surface area contributed by atoms with E-state index in [9.17, 15) is 0 Å². The van der Waals surface area contributed by atoms with Crippen molar-refractivity contribution in [3.8, 4) is 0 Å².